The molecule has 0 saturated heterocycles. The van der Waals surface area contributed by atoms with Crippen LogP contribution in [0, 0.1) is 6.92 Å². The minimum Gasteiger partial charge on any atom is -0.452 e. The van der Waals surface area contributed by atoms with Crippen molar-refractivity contribution in [3.63, 3.8) is 0 Å². The van der Waals surface area contributed by atoms with Gasteiger partial charge in [-0.05, 0) is 44.0 Å². The second-order valence-electron chi connectivity index (χ2n) is 6.66. The van der Waals surface area contributed by atoms with Crippen molar-refractivity contribution < 1.29 is 19.1 Å². The van der Waals surface area contributed by atoms with Crippen molar-refractivity contribution in [3.8, 4) is 0 Å². The van der Waals surface area contributed by atoms with Gasteiger partial charge in [-0.15, -0.1) is 0 Å². The topological polar surface area (TPSA) is 85.4 Å². The highest BCUT2D eigenvalue weighted by atomic mass is 16.5. The second kappa shape index (κ2) is 8.65. The van der Waals surface area contributed by atoms with E-state index >= 15 is 0 Å². The molecular weight excluding hydrogens is 368 g/mol. The number of nitrogens with zero attached hydrogens (tertiary/aromatic N) is 1. The van der Waals surface area contributed by atoms with E-state index in [1.165, 1.54) is 6.92 Å². The maximum absolute atomic E-state index is 12.8. The zero-order chi connectivity index (χ0) is 21.0. The molecule has 1 amide bonds. The van der Waals surface area contributed by atoms with Gasteiger partial charge in [0.2, 0.25) is 0 Å². The minimum atomic E-state index is -0.578. The number of carbonyl (C=O) groups is 3. The molecule has 0 spiro atoms. The van der Waals surface area contributed by atoms with Crippen LogP contribution in [0.2, 0.25) is 0 Å². The Bertz CT molecular complexity index is 1110. The zero-order valence-corrected chi connectivity index (χ0v) is 16.6. The van der Waals surface area contributed by atoms with Crippen molar-refractivity contribution in [1.82, 2.24) is 4.98 Å². The summed E-state index contributed by atoms with van der Waals surface area (Å²) in [5.74, 6) is -1.26. The van der Waals surface area contributed by atoms with E-state index in [0.717, 1.165) is 11.3 Å². The number of fused-ring (bicyclic) bond motifs is 1. The van der Waals surface area contributed by atoms with Crippen LogP contribution in [0.5, 0.6) is 0 Å². The maximum Gasteiger partial charge on any atom is 0.339 e. The number of ether oxygens (including phenoxy) is 1. The SMILES string of the molecule is CCc1nc2ccccc2c(C(=O)OCC(=O)Nc2ccccc2C(C)=O)c1C. The van der Waals surface area contributed by atoms with Gasteiger partial charge in [0.25, 0.3) is 5.91 Å². The predicted octanol–water partition coefficient (Wildman–Crippen LogP) is 4.10. The summed E-state index contributed by atoms with van der Waals surface area (Å²) in [6.45, 7) is 4.77. The van der Waals surface area contributed by atoms with Gasteiger partial charge in [0.05, 0.1) is 16.8 Å². The summed E-state index contributed by atoms with van der Waals surface area (Å²) in [7, 11) is 0. The molecular formula is C23H22N2O4. The smallest absolute Gasteiger partial charge is 0.339 e. The normalized spacial score (nSPS) is 10.6. The van der Waals surface area contributed by atoms with Gasteiger partial charge in [-0.2, -0.15) is 0 Å². The fourth-order valence-electron chi connectivity index (χ4n) is 3.25. The first kappa shape index (κ1) is 20.2. The molecule has 3 aromatic rings. The lowest BCUT2D eigenvalue weighted by atomic mass is 10.0. The lowest BCUT2D eigenvalue weighted by molar-refractivity contribution is -0.119. The molecule has 6 nitrogen and oxygen atoms in total. The number of Topliss-reactive ketones (excluding diaryl/α,β-unsaturated/α-hetero) is 1. The molecule has 3 rings (SSSR count). The van der Waals surface area contributed by atoms with Crippen LogP contribution in [-0.2, 0) is 16.0 Å². The number of amides is 1. The number of anilines is 1. The molecule has 0 saturated carbocycles. The first-order valence-electron chi connectivity index (χ1n) is 9.37. The summed E-state index contributed by atoms with van der Waals surface area (Å²) in [6, 6.07) is 14.0. The van der Waals surface area contributed by atoms with Gasteiger partial charge < -0.3 is 10.1 Å². The van der Waals surface area contributed by atoms with Gasteiger partial charge in [0.15, 0.2) is 12.4 Å². The van der Waals surface area contributed by atoms with E-state index < -0.39 is 18.5 Å². The van der Waals surface area contributed by atoms with Crippen molar-refractivity contribution in [2.45, 2.75) is 27.2 Å². The van der Waals surface area contributed by atoms with Crippen LogP contribution in [0.1, 0.15) is 45.8 Å². The highest BCUT2D eigenvalue weighted by Crippen LogP contribution is 2.24. The second-order valence-corrected chi connectivity index (χ2v) is 6.66. The quantitative estimate of drug-likeness (QED) is 0.506. The van der Waals surface area contributed by atoms with E-state index in [9.17, 15) is 14.4 Å². The van der Waals surface area contributed by atoms with Crippen molar-refractivity contribution >= 4 is 34.3 Å². The van der Waals surface area contributed by atoms with E-state index in [1.54, 1.807) is 24.3 Å². The summed E-state index contributed by atoms with van der Waals surface area (Å²) >= 11 is 0. The number of nitrogens with one attached hydrogen (secondary N) is 1. The molecule has 148 valence electrons. The molecule has 2 aromatic carbocycles. The molecule has 0 fully saturated rings. The molecule has 0 aliphatic carbocycles. The van der Waals surface area contributed by atoms with Gasteiger partial charge in [-0.1, -0.05) is 37.3 Å². The van der Waals surface area contributed by atoms with Crippen molar-refractivity contribution in [2.75, 3.05) is 11.9 Å². The number of esters is 1. The Kier molecular flexibility index (Phi) is 6.02. The van der Waals surface area contributed by atoms with Crippen LogP contribution in [0.4, 0.5) is 5.69 Å². The molecule has 1 N–H and O–H groups in total. The van der Waals surface area contributed by atoms with Gasteiger partial charge in [0, 0.05) is 16.6 Å². The van der Waals surface area contributed by atoms with Crippen molar-refractivity contribution in [3.05, 3.63) is 70.9 Å². The standard InChI is InChI=1S/C23H22N2O4/c1-4-18-14(2)22(17-10-6-8-12-20(17)24-18)23(28)29-13-21(27)25-19-11-7-5-9-16(19)15(3)26/h5-12H,4,13H2,1-3H3,(H,25,27). The van der Waals surface area contributed by atoms with E-state index in [-0.39, 0.29) is 5.78 Å². The first-order chi connectivity index (χ1) is 13.9. The van der Waals surface area contributed by atoms with Crippen LogP contribution in [0.3, 0.4) is 0 Å². The molecule has 0 radical (unpaired) electrons. The summed E-state index contributed by atoms with van der Waals surface area (Å²) in [5.41, 5.74) is 3.48. The zero-order valence-electron chi connectivity index (χ0n) is 16.6. The van der Waals surface area contributed by atoms with E-state index in [4.69, 9.17) is 4.74 Å². The Labute approximate surface area is 168 Å². The van der Waals surface area contributed by atoms with Gasteiger partial charge in [-0.25, -0.2) is 4.79 Å². The summed E-state index contributed by atoms with van der Waals surface area (Å²) < 4.78 is 5.29. The monoisotopic (exact) mass is 390 g/mol. The number of hydrogen-bond donors (Lipinski definition) is 1. The third-order valence-corrected chi connectivity index (χ3v) is 4.69. The molecule has 0 atom stereocenters. The lowest BCUT2D eigenvalue weighted by Gasteiger charge is -2.13. The van der Waals surface area contributed by atoms with E-state index in [1.807, 2.05) is 38.1 Å². The number of aryl methyl sites for hydroxylation is 1. The van der Waals surface area contributed by atoms with Crippen molar-refractivity contribution in [1.29, 1.82) is 0 Å². The average Bonchev–Trinajstić information content (AvgIpc) is 2.71. The number of para-hydroxylation sites is 2. The fraction of sp³-hybridized carbons (Fsp3) is 0.217. The van der Waals surface area contributed by atoms with Gasteiger partial charge in [-0.3, -0.25) is 14.6 Å². The number of carbonyl (C=O) groups excluding carboxylic acids is 3. The van der Waals surface area contributed by atoms with Crippen LogP contribution in [-0.4, -0.2) is 29.3 Å². The molecule has 0 aliphatic rings. The summed E-state index contributed by atoms with van der Waals surface area (Å²) in [4.78, 5) is 41.4. The van der Waals surface area contributed by atoms with Crippen molar-refractivity contribution in [2.24, 2.45) is 0 Å². The molecule has 6 heteroatoms. The number of benzene rings is 2. The molecule has 0 bridgehead atoms. The molecule has 1 aromatic heterocycles. The Balaban J connectivity index is 1.79. The summed E-state index contributed by atoms with van der Waals surface area (Å²) in [6.07, 6.45) is 0.680. The Hall–Kier alpha value is -3.54. The number of aromatic nitrogens is 1. The number of rotatable bonds is 6. The Morgan fingerprint density at radius 3 is 2.45 bits per heavy atom. The van der Waals surface area contributed by atoms with Gasteiger partial charge in [0.1, 0.15) is 0 Å². The number of hydrogen-bond acceptors (Lipinski definition) is 5. The fourth-order valence-corrected chi connectivity index (χ4v) is 3.25. The number of ketones is 1. The average molecular weight is 390 g/mol. The molecule has 1 heterocycles. The largest absolute Gasteiger partial charge is 0.452 e. The molecule has 0 aliphatic heterocycles. The summed E-state index contributed by atoms with van der Waals surface area (Å²) in [5, 5.41) is 3.31. The van der Waals surface area contributed by atoms with Crippen LogP contribution in [0.15, 0.2) is 48.5 Å². The molecule has 29 heavy (non-hydrogen) atoms. The van der Waals surface area contributed by atoms with E-state index in [2.05, 4.69) is 10.3 Å². The molecule has 0 unspecified atom stereocenters. The first-order valence-corrected chi connectivity index (χ1v) is 9.37. The van der Waals surface area contributed by atoms with Crippen LogP contribution >= 0.6 is 0 Å². The lowest BCUT2D eigenvalue weighted by Crippen LogP contribution is -2.22. The Morgan fingerprint density at radius 2 is 1.72 bits per heavy atom. The predicted molar refractivity (Wildman–Crippen MR) is 111 cm³/mol. The highest BCUT2D eigenvalue weighted by molar-refractivity contribution is 6.07. The third kappa shape index (κ3) is 4.32. The van der Waals surface area contributed by atoms with Gasteiger partial charge >= 0.3 is 5.97 Å². The maximum atomic E-state index is 12.8. The highest BCUT2D eigenvalue weighted by Gasteiger charge is 2.20. The third-order valence-electron chi connectivity index (χ3n) is 4.69. The Morgan fingerprint density at radius 1 is 1.03 bits per heavy atom. The number of pyridine rings is 1. The minimum absolute atomic E-state index is 0.163. The van der Waals surface area contributed by atoms with Crippen LogP contribution in [0.25, 0.3) is 10.9 Å². The van der Waals surface area contributed by atoms with Crippen LogP contribution < -0.4 is 5.32 Å². The van der Waals surface area contributed by atoms with E-state index in [0.29, 0.717) is 34.1 Å².